The molecular formula is C15H18N2S. The molecule has 0 fully saturated rings. The Hall–Kier alpha value is -1.19. The lowest BCUT2D eigenvalue weighted by atomic mass is 10.0. The Morgan fingerprint density at radius 3 is 3.00 bits per heavy atom. The SMILES string of the molecule is Cn1cccc1CNC1CCSc2ccccc21. The van der Waals surface area contributed by atoms with Crippen molar-refractivity contribution in [1.29, 1.82) is 0 Å². The Labute approximate surface area is 112 Å². The molecule has 0 amide bonds. The summed E-state index contributed by atoms with van der Waals surface area (Å²) >= 11 is 1.97. The van der Waals surface area contributed by atoms with Gasteiger partial charge in [-0.05, 0) is 35.9 Å². The van der Waals surface area contributed by atoms with Crippen molar-refractivity contribution in [2.45, 2.75) is 23.9 Å². The topological polar surface area (TPSA) is 17.0 Å². The Balaban J connectivity index is 1.73. The number of thioether (sulfide) groups is 1. The zero-order chi connectivity index (χ0) is 12.4. The third-order valence-corrected chi connectivity index (χ3v) is 4.66. The number of benzene rings is 1. The molecule has 0 saturated carbocycles. The fourth-order valence-corrected chi connectivity index (χ4v) is 3.59. The molecule has 0 bridgehead atoms. The molecule has 1 aliphatic heterocycles. The van der Waals surface area contributed by atoms with Crippen LogP contribution in [0.1, 0.15) is 23.7 Å². The van der Waals surface area contributed by atoms with E-state index in [1.807, 2.05) is 11.8 Å². The summed E-state index contributed by atoms with van der Waals surface area (Å²) in [6.07, 6.45) is 3.31. The molecule has 18 heavy (non-hydrogen) atoms. The van der Waals surface area contributed by atoms with Crippen LogP contribution in [-0.2, 0) is 13.6 Å². The van der Waals surface area contributed by atoms with Crippen molar-refractivity contribution in [2.75, 3.05) is 5.75 Å². The Morgan fingerprint density at radius 1 is 1.28 bits per heavy atom. The fourth-order valence-electron chi connectivity index (χ4n) is 2.46. The molecule has 2 nitrogen and oxygen atoms in total. The predicted molar refractivity (Wildman–Crippen MR) is 76.8 cm³/mol. The minimum Gasteiger partial charge on any atom is -0.353 e. The first kappa shape index (κ1) is 11.9. The van der Waals surface area contributed by atoms with Gasteiger partial charge in [0, 0.05) is 36.4 Å². The normalized spacial score (nSPS) is 18.6. The van der Waals surface area contributed by atoms with Gasteiger partial charge >= 0.3 is 0 Å². The summed E-state index contributed by atoms with van der Waals surface area (Å²) < 4.78 is 2.18. The molecule has 0 aliphatic carbocycles. The number of rotatable bonds is 3. The lowest BCUT2D eigenvalue weighted by Gasteiger charge is -2.26. The third kappa shape index (κ3) is 2.33. The maximum absolute atomic E-state index is 3.69. The summed E-state index contributed by atoms with van der Waals surface area (Å²) in [7, 11) is 2.10. The van der Waals surface area contributed by atoms with E-state index in [2.05, 4.69) is 59.5 Å². The van der Waals surface area contributed by atoms with Crippen molar-refractivity contribution >= 4 is 11.8 Å². The quantitative estimate of drug-likeness (QED) is 0.909. The largest absolute Gasteiger partial charge is 0.353 e. The average molecular weight is 258 g/mol. The van der Waals surface area contributed by atoms with E-state index in [0.29, 0.717) is 6.04 Å². The van der Waals surface area contributed by atoms with Crippen LogP contribution in [0.5, 0.6) is 0 Å². The summed E-state index contributed by atoms with van der Waals surface area (Å²) in [6, 6.07) is 13.5. The van der Waals surface area contributed by atoms with Crippen LogP contribution in [0.4, 0.5) is 0 Å². The molecule has 1 unspecified atom stereocenters. The van der Waals surface area contributed by atoms with Crippen LogP contribution in [0.25, 0.3) is 0 Å². The van der Waals surface area contributed by atoms with E-state index in [1.54, 1.807) is 0 Å². The molecule has 1 N–H and O–H groups in total. The van der Waals surface area contributed by atoms with E-state index in [1.165, 1.54) is 28.3 Å². The van der Waals surface area contributed by atoms with E-state index in [9.17, 15) is 0 Å². The van der Waals surface area contributed by atoms with Gasteiger partial charge in [-0.15, -0.1) is 11.8 Å². The van der Waals surface area contributed by atoms with Gasteiger partial charge in [-0.2, -0.15) is 0 Å². The number of nitrogens with one attached hydrogen (secondary N) is 1. The van der Waals surface area contributed by atoms with Crippen molar-refractivity contribution in [3.8, 4) is 0 Å². The number of hydrogen-bond donors (Lipinski definition) is 1. The highest BCUT2D eigenvalue weighted by atomic mass is 32.2. The highest BCUT2D eigenvalue weighted by Gasteiger charge is 2.19. The first-order valence-electron chi connectivity index (χ1n) is 6.40. The van der Waals surface area contributed by atoms with Crippen molar-refractivity contribution in [3.05, 3.63) is 53.9 Å². The minimum absolute atomic E-state index is 0.498. The van der Waals surface area contributed by atoms with Gasteiger partial charge in [-0.3, -0.25) is 0 Å². The molecule has 1 atom stereocenters. The van der Waals surface area contributed by atoms with Crippen LogP contribution in [0, 0.1) is 0 Å². The molecule has 3 heteroatoms. The number of nitrogens with zero attached hydrogens (tertiary/aromatic N) is 1. The second-order valence-corrected chi connectivity index (χ2v) is 5.86. The molecule has 3 rings (SSSR count). The standard InChI is InChI=1S/C15H18N2S/c1-17-9-4-5-12(17)11-16-14-8-10-18-15-7-3-2-6-13(14)15/h2-7,9,14,16H,8,10-11H2,1H3. The van der Waals surface area contributed by atoms with E-state index in [-0.39, 0.29) is 0 Å². The first-order valence-corrected chi connectivity index (χ1v) is 7.38. The van der Waals surface area contributed by atoms with Crippen LogP contribution in [0.3, 0.4) is 0 Å². The first-order chi connectivity index (χ1) is 8.84. The highest BCUT2D eigenvalue weighted by Crippen LogP contribution is 2.35. The van der Waals surface area contributed by atoms with Gasteiger partial charge in [0.05, 0.1) is 0 Å². The van der Waals surface area contributed by atoms with Crippen molar-refractivity contribution < 1.29 is 0 Å². The monoisotopic (exact) mass is 258 g/mol. The summed E-state index contributed by atoms with van der Waals surface area (Å²) in [5, 5.41) is 3.69. The maximum atomic E-state index is 3.69. The third-order valence-electron chi connectivity index (χ3n) is 3.54. The van der Waals surface area contributed by atoms with Gasteiger partial charge in [0.1, 0.15) is 0 Å². The molecule has 94 valence electrons. The summed E-state index contributed by atoms with van der Waals surface area (Å²) in [5.74, 6) is 1.21. The molecule has 0 radical (unpaired) electrons. The summed E-state index contributed by atoms with van der Waals surface area (Å²) in [6.45, 7) is 0.938. The van der Waals surface area contributed by atoms with E-state index in [0.717, 1.165) is 6.54 Å². The molecule has 1 aromatic heterocycles. The van der Waals surface area contributed by atoms with E-state index in [4.69, 9.17) is 0 Å². The van der Waals surface area contributed by atoms with Crippen LogP contribution in [-0.4, -0.2) is 10.3 Å². The smallest absolute Gasteiger partial charge is 0.0364 e. The Morgan fingerprint density at radius 2 is 2.17 bits per heavy atom. The zero-order valence-electron chi connectivity index (χ0n) is 10.6. The highest BCUT2D eigenvalue weighted by molar-refractivity contribution is 7.99. The van der Waals surface area contributed by atoms with Gasteiger partial charge in [0.15, 0.2) is 0 Å². The van der Waals surface area contributed by atoms with Crippen LogP contribution >= 0.6 is 11.8 Å². The number of hydrogen-bond acceptors (Lipinski definition) is 2. The predicted octanol–water partition coefficient (Wildman–Crippen LogP) is 3.35. The minimum atomic E-state index is 0.498. The van der Waals surface area contributed by atoms with Gasteiger partial charge in [0.25, 0.3) is 0 Å². The molecule has 0 spiro atoms. The number of fused-ring (bicyclic) bond motifs is 1. The maximum Gasteiger partial charge on any atom is 0.0364 e. The van der Waals surface area contributed by atoms with E-state index < -0.39 is 0 Å². The lowest BCUT2D eigenvalue weighted by molar-refractivity contribution is 0.500. The number of aromatic nitrogens is 1. The Bertz CT molecular complexity index is 533. The van der Waals surface area contributed by atoms with Gasteiger partial charge in [0.2, 0.25) is 0 Å². The second kappa shape index (κ2) is 5.21. The van der Waals surface area contributed by atoms with Gasteiger partial charge in [-0.25, -0.2) is 0 Å². The summed E-state index contributed by atoms with van der Waals surface area (Å²) in [5.41, 5.74) is 2.80. The zero-order valence-corrected chi connectivity index (χ0v) is 11.4. The Kier molecular flexibility index (Phi) is 3.43. The van der Waals surface area contributed by atoms with Crippen molar-refractivity contribution in [3.63, 3.8) is 0 Å². The number of aryl methyl sites for hydroxylation is 1. The second-order valence-electron chi connectivity index (χ2n) is 4.72. The van der Waals surface area contributed by atoms with Crippen molar-refractivity contribution in [1.82, 2.24) is 9.88 Å². The van der Waals surface area contributed by atoms with Gasteiger partial charge in [-0.1, -0.05) is 18.2 Å². The van der Waals surface area contributed by atoms with E-state index >= 15 is 0 Å². The lowest BCUT2D eigenvalue weighted by Crippen LogP contribution is -2.25. The fraction of sp³-hybridized carbons (Fsp3) is 0.333. The molecule has 1 aromatic carbocycles. The van der Waals surface area contributed by atoms with Crippen LogP contribution < -0.4 is 5.32 Å². The van der Waals surface area contributed by atoms with Crippen LogP contribution in [0.15, 0.2) is 47.5 Å². The molecule has 0 saturated heterocycles. The molecular weight excluding hydrogens is 240 g/mol. The van der Waals surface area contributed by atoms with Crippen molar-refractivity contribution in [2.24, 2.45) is 7.05 Å². The average Bonchev–Trinajstić information content (AvgIpc) is 2.82. The summed E-state index contributed by atoms with van der Waals surface area (Å²) in [4.78, 5) is 1.44. The van der Waals surface area contributed by atoms with Gasteiger partial charge < -0.3 is 9.88 Å². The molecule has 2 aromatic rings. The van der Waals surface area contributed by atoms with Crippen LogP contribution in [0.2, 0.25) is 0 Å². The molecule has 2 heterocycles. The molecule has 1 aliphatic rings.